The van der Waals surface area contributed by atoms with Gasteiger partial charge in [0.1, 0.15) is 0 Å². The molecule has 0 aromatic carbocycles. The minimum Gasteiger partial charge on any atom is -0.385 e. The van der Waals surface area contributed by atoms with Crippen molar-refractivity contribution in [3.63, 3.8) is 0 Å². The van der Waals surface area contributed by atoms with Gasteiger partial charge in [0.25, 0.3) is 0 Å². The van der Waals surface area contributed by atoms with Gasteiger partial charge in [-0.15, -0.1) is 13.2 Å². The third-order valence-electron chi connectivity index (χ3n) is 1.91. The molecule has 2 nitrogen and oxygen atoms in total. The van der Waals surface area contributed by atoms with Crippen LogP contribution in [-0.2, 0) is 4.74 Å². The molecule has 0 saturated carbocycles. The number of hydrogen-bond acceptors (Lipinski definition) is 2. The summed E-state index contributed by atoms with van der Waals surface area (Å²) in [5.74, 6) is 0. The molecule has 0 aliphatic heterocycles. The van der Waals surface area contributed by atoms with E-state index >= 15 is 0 Å². The zero-order valence-electron chi connectivity index (χ0n) is 7.88. The standard InChI is InChI=1S/C10H19NO/c1-4-6-10(11,7-5-2)8-9-12-3/h4-5H,1-2,6-9,11H2,3H3. The fourth-order valence-corrected chi connectivity index (χ4v) is 1.17. The van der Waals surface area contributed by atoms with Gasteiger partial charge in [0.2, 0.25) is 0 Å². The van der Waals surface area contributed by atoms with Crippen molar-refractivity contribution >= 4 is 0 Å². The van der Waals surface area contributed by atoms with Gasteiger partial charge < -0.3 is 10.5 Å². The minimum atomic E-state index is -0.209. The van der Waals surface area contributed by atoms with Crippen LogP contribution in [0.5, 0.6) is 0 Å². The van der Waals surface area contributed by atoms with E-state index in [9.17, 15) is 0 Å². The highest BCUT2D eigenvalue weighted by atomic mass is 16.5. The highest BCUT2D eigenvalue weighted by Gasteiger charge is 2.20. The van der Waals surface area contributed by atoms with Crippen LogP contribution in [-0.4, -0.2) is 19.3 Å². The topological polar surface area (TPSA) is 35.2 Å². The van der Waals surface area contributed by atoms with E-state index in [2.05, 4.69) is 13.2 Å². The summed E-state index contributed by atoms with van der Waals surface area (Å²) in [7, 11) is 1.68. The Balaban J connectivity index is 3.96. The summed E-state index contributed by atoms with van der Waals surface area (Å²) in [4.78, 5) is 0. The Morgan fingerprint density at radius 2 is 1.83 bits per heavy atom. The molecule has 0 rings (SSSR count). The zero-order chi connectivity index (χ0) is 9.45. The van der Waals surface area contributed by atoms with Gasteiger partial charge in [-0.1, -0.05) is 12.2 Å². The van der Waals surface area contributed by atoms with E-state index in [0.29, 0.717) is 6.61 Å². The second-order valence-corrected chi connectivity index (χ2v) is 3.09. The summed E-state index contributed by atoms with van der Waals surface area (Å²) in [6.45, 7) is 8.05. The van der Waals surface area contributed by atoms with Crippen LogP contribution in [0.25, 0.3) is 0 Å². The van der Waals surface area contributed by atoms with Crippen LogP contribution in [0.3, 0.4) is 0 Å². The summed E-state index contributed by atoms with van der Waals surface area (Å²) in [5, 5.41) is 0. The molecule has 0 radical (unpaired) electrons. The molecule has 0 aromatic rings. The Morgan fingerprint density at radius 1 is 1.33 bits per heavy atom. The molecule has 70 valence electrons. The maximum absolute atomic E-state index is 6.08. The highest BCUT2D eigenvalue weighted by molar-refractivity contribution is 4.95. The molecule has 0 aliphatic carbocycles. The van der Waals surface area contributed by atoms with Crippen molar-refractivity contribution in [1.82, 2.24) is 0 Å². The largest absolute Gasteiger partial charge is 0.385 e. The van der Waals surface area contributed by atoms with Gasteiger partial charge in [0.05, 0.1) is 0 Å². The molecule has 0 aromatic heterocycles. The number of nitrogens with two attached hydrogens (primary N) is 1. The molecule has 0 saturated heterocycles. The van der Waals surface area contributed by atoms with E-state index in [1.807, 2.05) is 12.2 Å². The summed E-state index contributed by atoms with van der Waals surface area (Å²) >= 11 is 0. The van der Waals surface area contributed by atoms with Gasteiger partial charge in [-0.25, -0.2) is 0 Å². The zero-order valence-corrected chi connectivity index (χ0v) is 7.88. The summed E-state index contributed by atoms with van der Waals surface area (Å²) in [6.07, 6.45) is 6.16. The Labute approximate surface area is 75.1 Å². The number of ether oxygens (including phenoxy) is 1. The predicted molar refractivity (Wildman–Crippen MR) is 53.0 cm³/mol. The molecule has 0 aliphatic rings. The second-order valence-electron chi connectivity index (χ2n) is 3.09. The third kappa shape index (κ3) is 4.31. The average molecular weight is 169 g/mol. The van der Waals surface area contributed by atoms with Gasteiger partial charge in [-0.3, -0.25) is 0 Å². The molecule has 12 heavy (non-hydrogen) atoms. The average Bonchev–Trinajstić information content (AvgIpc) is 2.02. The molecule has 0 amide bonds. The molecule has 0 spiro atoms. The van der Waals surface area contributed by atoms with Crippen molar-refractivity contribution < 1.29 is 4.74 Å². The summed E-state index contributed by atoms with van der Waals surface area (Å²) in [5.41, 5.74) is 5.87. The van der Waals surface area contributed by atoms with Crippen molar-refractivity contribution in [2.24, 2.45) is 5.73 Å². The quantitative estimate of drug-likeness (QED) is 0.590. The Morgan fingerprint density at radius 3 is 2.17 bits per heavy atom. The molecule has 0 bridgehead atoms. The van der Waals surface area contributed by atoms with Crippen molar-refractivity contribution in [2.45, 2.75) is 24.8 Å². The number of methoxy groups -OCH3 is 1. The Hall–Kier alpha value is -0.600. The van der Waals surface area contributed by atoms with Gasteiger partial charge in [-0.2, -0.15) is 0 Å². The lowest BCUT2D eigenvalue weighted by Gasteiger charge is -2.26. The molecular formula is C10H19NO. The van der Waals surface area contributed by atoms with Gasteiger partial charge in [-0.05, 0) is 19.3 Å². The molecule has 0 unspecified atom stereocenters. The Bertz CT molecular complexity index is 133. The molecule has 2 heteroatoms. The first-order chi connectivity index (χ1) is 5.68. The first-order valence-corrected chi connectivity index (χ1v) is 4.18. The van der Waals surface area contributed by atoms with E-state index < -0.39 is 0 Å². The van der Waals surface area contributed by atoms with Gasteiger partial charge in [0.15, 0.2) is 0 Å². The summed E-state index contributed by atoms with van der Waals surface area (Å²) in [6, 6.07) is 0. The third-order valence-corrected chi connectivity index (χ3v) is 1.91. The van der Waals surface area contributed by atoms with Crippen molar-refractivity contribution in [1.29, 1.82) is 0 Å². The fraction of sp³-hybridized carbons (Fsp3) is 0.600. The van der Waals surface area contributed by atoms with Gasteiger partial charge >= 0.3 is 0 Å². The SMILES string of the molecule is C=CCC(N)(CC=C)CCOC. The van der Waals surface area contributed by atoms with Crippen molar-refractivity contribution in [3.05, 3.63) is 25.3 Å². The minimum absolute atomic E-state index is 0.209. The van der Waals surface area contributed by atoms with Gasteiger partial charge in [0, 0.05) is 19.3 Å². The normalized spacial score (nSPS) is 11.2. The lowest BCUT2D eigenvalue weighted by Crippen LogP contribution is -2.39. The van der Waals surface area contributed by atoms with E-state index in [1.165, 1.54) is 0 Å². The highest BCUT2D eigenvalue weighted by Crippen LogP contribution is 2.17. The van der Waals surface area contributed by atoms with Crippen LogP contribution < -0.4 is 5.73 Å². The van der Waals surface area contributed by atoms with E-state index in [0.717, 1.165) is 19.3 Å². The first-order valence-electron chi connectivity index (χ1n) is 4.18. The van der Waals surface area contributed by atoms with Crippen LogP contribution in [0.15, 0.2) is 25.3 Å². The number of rotatable bonds is 7. The van der Waals surface area contributed by atoms with Crippen LogP contribution in [0.4, 0.5) is 0 Å². The molecule has 0 fully saturated rings. The van der Waals surface area contributed by atoms with Crippen LogP contribution in [0.2, 0.25) is 0 Å². The molecular weight excluding hydrogens is 150 g/mol. The Kier molecular flexibility index (Phi) is 5.68. The van der Waals surface area contributed by atoms with Crippen LogP contribution >= 0.6 is 0 Å². The maximum atomic E-state index is 6.08. The molecule has 0 atom stereocenters. The smallest absolute Gasteiger partial charge is 0.0479 e. The number of hydrogen-bond donors (Lipinski definition) is 1. The molecule has 2 N–H and O–H groups in total. The lowest BCUT2D eigenvalue weighted by atomic mass is 9.89. The van der Waals surface area contributed by atoms with Crippen LogP contribution in [0, 0.1) is 0 Å². The molecule has 0 heterocycles. The lowest BCUT2D eigenvalue weighted by molar-refractivity contribution is 0.168. The van der Waals surface area contributed by atoms with E-state index in [4.69, 9.17) is 10.5 Å². The van der Waals surface area contributed by atoms with Crippen molar-refractivity contribution in [3.8, 4) is 0 Å². The summed E-state index contributed by atoms with van der Waals surface area (Å²) < 4.78 is 4.98. The van der Waals surface area contributed by atoms with E-state index in [-0.39, 0.29) is 5.54 Å². The first kappa shape index (κ1) is 11.4. The fourth-order valence-electron chi connectivity index (χ4n) is 1.17. The maximum Gasteiger partial charge on any atom is 0.0479 e. The monoisotopic (exact) mass is 169 g/mol. The second kappa shape index (κ2) is 5.98. The van der Waals surface area contributed by atoms with Crippen LogP contribution in [0.1, 0.15) is 19.3 Å². The van der Waals surface area contributed by atoms with Crippen molar-refractivity contribution in [2.75, 3.05) is 13.7 Å². The predicted octanol–water partition coefficient (Wildman–Crippen LogP) is 1.87. The van der Waals surface area contributed by atoms with E-state index in [1.54, 1.807) is 7.11 Å².